The number of hydrogen-bond acceptors (Lipinski definition) is 1. The number of benzene rings is 1. The Morgan fingerprint density at radius 3 is 2.46 bits per heavy atom. The zero-order valence-electron chi connectivity index (χ0n) is 8.35. The lowest BCUT2D eigenvalue weighted by Gasteiger charge is -2.04. The van der Waals surface area contributed by atoms with Crippen molar-refractivity contribution >= 4 is 5.78 Å². The Hall–Kier alpha value is -1.11. The normalized spacial score (nSPS) is 20.5. The molecule has 0 spiro atoms. The Bertz CT molecular complexity index is 377. The Morgan fingerprint density at radius 1 is 1.23 bits per heavy atom. The molecule has 0 aromatic heterocycles. The van der Waals surface area contributed by atoms with Gasteiger partial charge in [0.05, 0.1) is 0 Å². The van der Waals surface area contributed by atoms with Gasteiger partial charge in [-0.1, -0.05) is 19.1 Å². The maximum absolute atomic E-state index is 11.8. The minimum absolute atomic E-state index is 0.190. The summed E-state index contributed by atoms with van der Waals surface area (Å²) >= 11 is 0. The summed E-state index contributed by atoms with van der Waals surface area (Å²) in [5, 5.41) is 0. The van der Waals surface area contributed by atoms with Crippen molar-refractivity contribution in [1.82, 2.24) is 0 Å². The van der Waals surface area contributed by atoms with Gasteiger partial charge in [0.15, 0.2) is 5.78 Å². The van der Waals surface area contributed by atoms with Gasteiger partial charge in [0.25, 0.3) is 0 Å². The van der Waals surface area contributed by atoms with Crippen molar-refractivity contribution in [3.05, 3.63) is 34.4 Å². The van der Waals surface area contributed by atoms with Crippen LogP contribution in [0.1, 0.15) is 34.0 Å². The summed E-state index contributed by atoms with van der Waals surface area (Å²) in [6.45, 7) is 6.12. The van der Waals surface area contributed by atoms with E-state index in [-0.39, 0.29) is 5.92 Å². The van der Waals surface area contributed by atoms with Crippen LogP contribution in [0.5, 0.6) is 0 Å². The van der Waals surface area contributed by atoms with Crippen LogP contribution in [0, 0.1) is 19.8 Å². The highest BCUT2D eigenvalue weighted by Gasteiger charge is 2.29. The van der Waals surface area contributed by atoms with E-state index in [9.17, 15) is 4.79 Å². The highest BCUT2D eigenvalue weighted by molar-refractivity contribution is 6.03. The SMILES string of the molecule is Cc1ccc(C)c2c1C[C@@H](C)C2=O. The molecule has 0 N–H and O–H groups in total. The zero-order chi connectivity index (χ0) is 9.59. The van der Waals surface area contributed by atoms with Crippen LogP contribution in [-0.2, 0) is 6.42 Å². The molecule has 0 fully saturated rings. The van der Waals surface area contributed by atoms with Crippen molar-refractivity contribution < 1.29 is 4.79 Å². The van der Waals surface area contributed by atoms with Gasteiger partial charge in [-0.25, -0.2) is 0 Å². The average Bonchev–Trinajstić information content (AvgIpc) is 2.38. The summed E-state index contributed by atoms with van der Waals surface area (Å²) in [4.78, 5) is 11.8. The molecule has 0 amide bonds. The van der Waals surface area contributed by atoms with Crippen LogP contribution in [0.15, 0.2) is 12.1 Å². The lowest BCUT2D eigenvalue weighted by molar-refractivity contribution is 0.0946. The zero-order valence-corrected chi connectivity index (χ0v) is 8.35. The lowest BCUT2D eigenvalue weighted by atomic mass is 10.00. The topological polar surface area (TPSA) is 17.1 Å². The number of ketones is 1. The lowest BCUT2D eigenvalue weighted by Crippen LogP contribution is -2.04. The van der Waals surface area contributed by atoms with Gasteiger partial charge in [-0.05, 0) is 37.0 Å². The van der Waals surface area contributed by atoms with Crippen LogP contribution in [0.2, 0.25) is 0 Å². The maximum Gasteiger partial charge on any atom is 0.166 e. The van der Waals surface area contributed by atoms with E-state index in [1.165, 1.54) is 11.1 Å². The first-order valence-corrected chi connectivity index (χ1v) is 4.74. The first-order valence-electron chi connectivity index (χ1n) is 4.74. The summed E-state index contributed by atoms with van der Waals surface area (Å²) < 4.78 is 0. The Balaban J connectivity index is 2.68. The monoisotopic (exact) mass is 174 g/mol. The van der Waals surface area contributed by atoms with Crippen LogP contribution in [0.25, 0.3) is 0 Å². The molecule has 68 valence electrons. The molecule has 0 heterocycles. The number of carbonyl (C=O) groups excluding carboxylic acids is 1. The number of fused-ring (bicyclic) bond motifs is 1. The number of Topliss-reactive ketones (excluding diaryl/α,β-unsaturated/α-hetero) is 1. The van der Waals surface area contributed by atoms with E-state index >= 15 is 0 Å². The molecule has 0 saturated heterocycles. The van der Waals surface area contributed by atoms with Crippen molar-refractivity contribution in [3.8, 4) is 0 Å². The number of aryl methyl sites for hydroxylation is 2. The smallest absolute Gasteiger partial charge is 0.166 e. The third-order valence-electron chi connectivity index (χ3n) is 2.96. The maximum atomic E-state index is 11.8. The summed E-state index contributed by atoms with van der Waals surface area (Å²) in [6.07, 6.45) is 0.932. The molecule has 1 aromatic carbocycles. The van der Waals surface area contributed by atoms with E-state index < -0.39 is 0 Å². The van der Waals surface area contributed by atoms with Crippen LogP contribution < -0.4 is 0 Å². The third kappa shape index (κ3) is 1.11. The Kier molecular flexibility index (Phi) is 1.76. The summed E-state index contributed by atoms with van der Waals surface area (Å²) in [7, 11) is 0. The highest BCUT2D eigenvalue weighted by Crippen LogP contribution is 2.31. The van der Waals surface area contributed by atoms with Gasteiger partial charge < -0.3 is 0 Å². The fraction of sp³-hybridized carbons (Fsp3) is 0.417. The van der Waals surface area contributed by atoms with Gasteiger partial charge in [0.1, 0.15) is 0 Å². The van der Waals surface area contributed by atoms with Gasteiger partial charge in [0, 0.05) is 11.5 Å². The second kappa shape index (κ2) is 2.69. The van der Waals surface area contributed by atoms with Crippen LogP contribution in [0.3, 0.4) is 0 Å². The second-order valence-corrected chi connectivity index (χ2v) is 4.02. The average molecular weight is 174 g/mol. The molecule has 0 unspecified atom stereocenters. The van der Waals surface area contributed by atoms with Crippen LogP contribution >= 0.6 is 0 Å². The van der Waals surface area contributed by atoms with E-state index in [1.54, 1.807) is 0 Å². The summed E-state index contributed by atoms with van der Waals surface area (Å²) in [5.41, 5.74) is 4.67. The quantitative estimate of drug-likeness (QED) is 0.591. The summed E-state index contributed by atoms with van der Waals surface area (Å²) in [5.74, 6) is 0.519. The number of rotatable bonds is 0. The molecule has 1 aliphatic carbocycles. The molecule has 13 heavy (non-hydrogen) atoms. The van der Waals surface area contributed by atoms with Crippen LogP contribution in [-0.4, -0.2) is 5.78 Å². The van der Waals surface area contributed by atoms with Gasteiger partial charge in [-0.2, -0.15) is 0 Å². The van der Waals surface area contributed by atoms with E-state index in [2.05, 4.69) is 13.0 Å². The molecular formula is C12H14O. The molecule has 2 rings (SSSR count). The van der Waals surface area contributed by atoms with E-state index in [0.717, 1.165) is 17.5 Å². The highest BCUT2D eigenvalue weighted by atomic mass is 16.1. The molecule has 1 atom stereocenters. The van der Waals surface area contributed by atoms with Gasteiger partial charge in [-0.3, -0.25) is 4.79 Å². The minimum atomic E-state index is 0.190. The minimum Gasteiger partial charge on any atom is -0.294 e. The molecule has 0 saturated carbocycles. The first kappa shape index (κ1) is 8.49. The van der Waals surface area contributed by atoms with Gasteiger partial charge in [-0.15, -0.1) is 0 Å². The largest absolute Gasteiger partial charge is 0.294 e. The van der Waals surface area contributed by atoms with E-state index in [4.69, 9.17) is 0 Å². The molecular weight excluding hydrogens is 160 g/mol. The second-order valence-electron chi connectivity index (χ2n) is 4.02. The predicted molar refractivity (Wildman–Crippen MR) is 53.1 cm³/mol. The van der Waals surface area contributed by atoms with Crippen molar-refractivity contribution in [2.24, 2.45) is 5.92 Å². The number of carbonyl (C=O) groups is 1. The van der Waals surface area contributed by atoms with Gasteiger partial charge >= 0.3 is 0 Å². The predicted octanol–water partition coefficient (Wildman–Crippen LogP) is 2.68. The number of hydrogen-bond donors (Lipinski definition) is 0. The van der Waals surface area contributed by atoms with Crippen molar-refractivity contribution in [2.75, 3.05) is 0 Å². The molecule has 1 heteroatoms. The Labute approximate surface area is 78.8 Å². The van der Waals surface area contributed by atoms with Gasteiger partial charge in [0.2, 0.25) is 0 Å². The van der Waals surface area contributed by atoms with E-state index in [0.29, 0.717) is 5.78 Å². The van der Waals surface area contributed by atoms with Crippen molar-refractivity contribution in [3.63, 3.8) is 0 Å². The molecule has 1 nitrogen and oxygen atoms in total. The summed E-state index contributed by atoms with van der Waals surface area (Å²) in [6, 6.07) is 4.16. The molecule has 0 aliphatic heterocycles. The Morgan fingerprint density at radius 2 is 1.85 bits per heavy atom. The first-order chi connectivity index (χ1) is 6.11. The molecule has 1 aliphatic rings. The fourth-order valence-corrected chi connectivity index (χ4v) is 2.12. The third-order valence-corrected chi connectivity index (χ3v) is 2.96. The van der Waals surface area contributed by atoms with E-state index in [1.807, 2.05) is 19.9 Å². The fourth-order valence-electron chi connectivity index (χ4n) is 2.12. The van der Waals surface area contributed by atoms with Crippen LogP contribution in [0.4, 0.5) is 0 Å². The molecule has 1 aromatic rings. The standard InChI is InChI=1S/C12H14O/c1-7-4-5-8(2)11-10(7)6-9(3)12(11)13/h4-5,9H,6H2,1-3H3/t9-/m1/s1. The van der Waals surface area contributed by atoms with Crippen molar-refractivity contribution in [1.29, 1.82) is 0 Å². The molecule has 0 radical (unpaired) electrons. The molecule has 0 bridgehead atoms. The van der Waals surface area contributed by atoms with Crippen molar-refractivity contribution in [2.45, 2.75) is 27.2 Å².